The van der Waals surface area contributed by atoms with Crippen molar-refractivity contribution in [3.8, 4) is 0 Å². The number of benzene rings is 1. The number of rotatable bonds is 5. The zero-order valence-electron chi connectivity index (χ0n) is 14.6. The van der Waals surface area contributed by atoms with Crippen LogP contribution in [0.25, 0.3) is 0 Å². The Labute approximate surface area is 142 Å². The number of amides is 1. The Morgan fingerprint density at radius 1 is 1.42 bits per heavy atom. The van der Waals surface area contributed by atoms with Crippen molar-refractivity contribution in [2.75, 3.05) is 13.7 Å². The molecule has 132 valence electrons. The number of carbonyl (C=O) groups excluding carboxylic acids is 2. The van der Waals surface area contributed by atoms with Crippen LogP contribution in [-0.2, 0) is 14.3 Å². The molecule has 0 aliphatic carbocycles. The summed E-state index contributed by atoms with van der Waals surface area (Å²) in [6.07, 6.45) is 1.54. The Morgan fingerprint density at radius 2 is 2.12 bits per heavy atom. The van der Waals surface area contributed by atoms with E-state index in [2.05, 4.69) is 5.32 Å². The summed E-state index contributed by atoms with van der Waals surface area (Å²) in [7, 11) is 1.30. The van der Waals surface area contributed by atoms with Gasteiger partial charge in [0.25, 0.3) is 0 Å². The number of ether oxygens (including phenoxy) is 1. The van der Waals surface area contributed by atoms with E-state index in [-0.39, 0.29) is 17.8 Å². The highest BCUT2D eigenvalue weighted by atomic mass is 19.1. The van der Waals surface area contributed by atoms with Crippen LogP contribution in [0.4, 0.5) is 4.39 Å². The van der Waals surface area contributed by atoms with Crippen molar-refractivity contribution in [1.29, 1.82) is 0 Å². The smallest absolute Gasteiger partial charge is 0.327 e. The molecule has 1 aliphatic rings. The number of halogens is 1. The van der Waals surface area contributed by atoms with Gasteiger partial charge in [0.1, 0.15) is 11.9 Å². The Kier molecular flexibility index (Phi) is 5.94. The Bertz CT molecular complexity index is 618. The predicted molar refractivity (Wildman–Crippen MR) is 88.9 cm³/mol. The molecule has 5 nitrogen and oxygen atoms in total. The van der Waals surface area contributed by atoms with Gasteiger partial charge < -0.3 is 9.64 Å². The van der Waals surface area contributed by atoms with Crippen LogP contribution in [0, 0.1) is 12.7 Å². The number of hydrogen-bond acceptors (Lipinski definition) is 4. The largest absolute Gasteiger partial charge is 0.468 e. The second-order valence-electron chi connectivity index (χ2n) is 6.45. The SMILES string of the molecule is COC(=O)[C@@H](N[C@@H]1CCCN(C(C)C)C1=O)c1ccc(F)c(C)c1. The first kappa shape index (κ1) is 18.4. The molecule has 1 amide bonds. The summed E-state index contributed by atoms with van der Waals surface area (Å²) < 4.78 is 18.4. The van der Waals surface area contributed by atoms with Crippen molar-refractivity contribution in [3.05, 3.63) is 35.1 Å². The molecule has 2 rings (SSSR count). The van der Waals surface area contributed by atoms with Crippen molar-refractivity contribution in [2.24, 2.45) is 0 Å². The molecular formula is C18H25FN2O3. The number of carbonyl (C=O) groups is 2. The van der Waals surface area contributed by atoms with Crippen LogP contribution in [0.3, 0.4) is 0 Å². The number of likely N-dealkylation sites (tertiary alicyclic amines) is 1. The fourth-order valence-corrected chi connectivity index (χ4v) is 3.03. The van der Waals surface area contributed by atoms with Crippen molar-refractivity contribution >= 4 is 11.9 Å². The maximum absolute atomic E-state index is 13.5. The van der Waals surface area contributed by atoms with E-state index in [1.54, 1.807) is 19.1 Å². The topological polar surface area (TPSA) is 58.6 Å². The van der Waals surface area contributed by atoms with Gasteiger partial charge in [-0.3, -0.25) is 10.1 Å². The fourth-order valence-electron chi connectivity index (χ4n) is 3.03. The third-order valence-electron chi connectivity index (χ3n) is 4.42. The summed E-state index contributed by atoms with van der Waals surface area (Å²) in [4.78, 5) is 26.6. The molecular weight excluding hydrogens is 311 g/mol. The Balaban J connectivity index is 2.24. The van der Waals surface area contributed by atoms with Crippen molar-refractivity contribution in [2.45, 2.75) is 51.7 Å². The summed E-state index contributed by atoms with van der Waals surface area (Å²) in [5.74, 6) is -0.832. The summed E-state index contributed by atoms with van der Waals surface area (Å²) >= 11 is 0. The third kappa shape index (κ3) is 3.93. The molecule has 24 heavy (non-hydrogen) atoms. The summed E-state index contributed by atoms with van der Waals surface area (Å²) in [6, 6.07) is 3.35. The summed E-state index contributed by atoms with van der Waals surface area (Å²) in [5, 5.41) is 3.12. The maximum atomic E-state index is 13.5. The van der Waals surface area contributed by atoms with Crippen molar-refractivity contribution in [3.63, 3.8) is 0 Å². The molecule has 0 radical (unpaired) electrons. The molecule has 1 N–H and O–H groups in total. The zero-order valence-corrected chi connectivity index (χ0v) is 14.6. The molecule has 1 fully saturated rings. The lowest BCUT2D eigenvalue weighted by Crippen LogP contribution is -2.54. The minimum atomic E-state index is -0.796. The first-order valence-electron chi connectivity index (χ1n) is 8.25. The number of nitrogens with one attached hydrogen (secondary N) is 1. The molecule has 0 bridgehead atoms. The van der Waals surface area contributed by atoms with Crippen LogP contribution in [0.2, 0.25) is 0 Å². The number of methoxy groups -OCH3 is 1. The lowest BCUT2D eigenvalue weighted by Gasteiger charge is -2.36. The second kappa shape index (κ2) is 7.75. The Hall–Kier alpha value is -1.95. The number of hydrogen-bond donors (Lipinski definition) is 1. The number of nitrogens with zero attached hydrogens (tertiary/aromatic N) is 1. The van der Waals surface area contributed by atoms with Crippen LogP contribution >= 0.6 is 0 Å². The molecule has 1 saturated heterocycles. The number of esters is 1. The van der Waals surface area contributed by atoms with Crippen molar-refractivity contribution < 1.29 is 18.7 Å². The van der Waals surface area contributed by atoms with Crippen molar-refractivity contribution in [1.82, 2.24) is 10.2 Å². The predicted octanol–water partition coefficient (Wildman–Crippen LogP) is 2.34. The standard InChI is InChI=1S/C18H25FN2O3/c1-11(2)21-9-5-6-15(17(21)22)20-16(18(23)24-4)13-7-8-14(19)12(3)10-13/h7-8,10-11,15-16,20H,5-6,9H2,1-4H3/t15-,16+/m1/s1. The molecule has 1 aromatic carbocycles. The highest BCUT2D eigenvalue weighted by molar-refractivity contribution is 5.84. The highest BCUT2D eigenvalue weighted by Crippen LogP contribution is 2.22. The van der Waals surface area contributed by atoms with Crippen LogP contribution in [-0.4, -0.2) is 42.5 Å². The van der Waals surface area contributed by atoms with Crippen LogP contribution in [0.1, 0.15) is 43.9 Å². The fraction of sp³-hybridized carbons (Fsp3) is 0.556. The molecule has 0 aromatic heterocycles. The molecule has 1 heterocycles. The second-order valence-corrected chi connectivity index (χ2v) is 6.45. The minimum Gasteiger partial charge on any atom is -0.468 e. The van der Waals surface area contributed by atoms with Gasteiger partial charge in [-0.15, -0.1) is 0 Å². The van der Waals surface area contributed by atoms with E-state index in [1.807, 2.05) is 18.7 Å². The van der Waals surface area contributed by atoms with E-state index in [9.17, 15) is 14.0 Å². The van der Waals surface area contributed by atoms with Gasteiger partial charge >= 0.3 is 5.97 Å². The minimum absolute atomic E-state index is 0.0102. The quantitative estimate of drug-likeness (QED) is 0.839. The van der Waals surface area contributed by atoms with E-state index in [0.29, 0.717) is 17.5 Å². The van der Waals surface area contributed by atoms with Gasteiger partial charge in [0, 0.05) is 12.6 Å². The molecule has 6 heteroatoms. The van der Waals surface area contributed by atoms with Gasteiger partial charge in [-0.25, -0.2) is 9.18 Å². The Morgan fingerprint density at radius 3 is 2.71 bits per heavy atom. The van der Waals surface area contributed by atoms with Gasteiger partial charge in [-0.2, -0.15) is 0 Å². The monoisotopic (exact) mass is 336 g/mol. The van der Waals surface area contributed by atoms with Gasteiger partial charge in [0.2, 0.25) is 5.91 Å². The van der Waals surface area contributed by atoms with E-state index < -0.39 is 18.1 Å². The van der Waals surface area contributed by atoms with E-state index in [4.69, 9.17) is 4.74 Å². The van der Waals surface area contributed by atoms with Gasteiger partial charge in [0.05, 0.1) is 13.2 Å². The number of aryl methyl sites for hydroxylation is 1. The van der Waals surface area contributed by atoms with Gasteiger partial charge in [-0.1, -0.05) is 12.1 Å². The lowest BCUT2D eigenvalue weighted by molar-refractivity contribution is -0.145. The van der Waals surface area contributed by atoms with Crippen LogP contribution < -0.4 is 5.32 Å². The molecule has 0 saturated carbocycles. The number of piperidine rings is 1. The molecule has 0 unspecified atom stereocenters. The zero-order chi connectivity index (χ0) is 17.9. The normalized spacial score (nSPS) is 19.5. The van der Waals surface area contributed by atoms with E-state index in [0.717, 1.165) is 13.0 Å². The van der Waals surface area contributed by atoms with Gasteiger partial charge in [-0.05, 0) is 50.8 Å². The molecule has 1 aromatic rings. The highest BCUT2D eigenvalue weighted by Gasteiger charge is 2.34. The third-order valence-corrected chi connectivity index (χ3v) is 4.42. The molecule has 1 aliphatic heterocycles. The lowest BCUT2D eigenvalue weighted by atomic mass is 9.99. The van der Waals surface area contributed by atoms with E-state index in [1.165, 1.54) is 13.2 Å². The summed E-state index contributed by atoms with van der Waals surface area (Å²) in [5.41, 5.74) is 1.04. The van der Waals surface area contributed by atoms with Gasteiger partial charge in [0.15, 0.2) is 0 Å². The molecule has 2 atom stereocenters. The average Bonchev–Trinajstić information content (AvgIpc) is 2.55. The first-order valence-corrected chi connectivity index (χ1v) is 8.25. The van der Waals surface area contributed by atoms with E-state index >= 15 is 0 Å². The first-order chi connectivity index (χ1) is 11.3. The average molecular weight is 336 g/mol. The van der Waals surface area contributed by atoms with Crippen LogP contribution in [0.5, 0.6) is 0 Å². The molecule has 0 spiro atoms. The van der Waals surface area contributed by atoms with Crippen LogP contribution in [0.15, 0.2) is 18.2 Å². The maximum Gasteiger partial charge on any atom is 0.327 e. The summed E-state index contributed by atoms with van der Waals surface area (Å²) in [6.45, 7) is 6.31.